The van der Waals surface area contributed by atoms with E-state index in [0.717, 1.165) is 11.1 Å². The second-order valence-corrected chi connectivity index (χ2v) is 8.07. The lowest BCUT2D eigenvalue weighted by molar-refractivity contribution is -0.146. The molecule has 0 bridgehead atoms. The maximum absolute atomic E-state index is 12.2. The Morgan fingerprint density at radius 3 is 2.04 bits per heavy atom. The van der Waals surface area contributed by atoms with E-state index in [-0.39, 0.29) is 17.1 Å². The van der Waals surface area contributed by atoms with Gasteiger partial charge in [-0.05, 0) is 38.1 Å². The summed E-state index contributed by atoms with van der Waals surface area (Å²) in [4.78, 5) is 23.6. The molecule has 0 fully saturated rings. The van der Waals surface area contributed by atoms with E-state index in [0.29, 0.717) is 5.69 Å². The average Bonchev–Trinajstić information content (AvgIpc) is 2.61. The SMILES string of the molecule is Cc1ccc(NC(=O)COC(=O)CCS(=O)(=O)c2ccc(C)cc2)cc1. The lowest BCUT2D eigenvalue weighted by atomic mass is 10.2. The van der Waals surface area contributed by atoms with Gasteiger partial charge in [0.2, 0.25) is 0 Å². The monoisotopic (exact) mass is 375 g/mol. The third kappa shape index (κ3) is 6.00. The summed E-state index contributed by atoms with van der Waals surface area (Å²) in [6, 6.07) is 13.6. The van der Waals surface area contributed by atoms with Gasteiger partial charge < -0.3 is 10.1 Å². The molecule has 1 N–H and O–H groups in total. The summed E-state index contributed by atoms with van der Waals surface area (Å²) in [7, 11) is -3.56. The van der Waals surface area contributed by atoms with Crippen molar-refractivity contribution in [3.05, 3.63) is 59.7 Å². The highest BCUT2D eigenvalue weighted by molar-refractivity contribution is 7.91. The highest BCUT2D eigenvalue weighted by atomic mass is 32.2. The summed E-state index contributed by atoms with van der Waals surface area (Å²) in [6.07, 6.45) is -0.311. The molecule has 1 amide bonds. The first kappa shape index (κ1) is 19.7. The predicted molar refractivity (Wildman–Crippen MR) is 98.6 cm³/mol. The van der Waals surface area contributed by atoms with E-state index in [1.807, 2.05) is 26.0 Å². The summed E-state index contributed by atoms with van der Waals surface area (Å²) in [5, 5.41) is 2.59. The zero-order valence-electron chi connectivity index (χ0n) is 14.7. The van der Waals surface area contributed by atoms with Crippen LogP contribution in [0.1, 0.15) is 17.5 Å². The Hall–Kier alpha value is -2.67. The van der Waals surface area contributed by atoms with E-state index in [1.165, 1.54) is 12.1 Å². The molecule has 0 saturated heterocycles. The van der Waals surface area contributed by atoms with E-state index in [1.54, 1.807) is 24.3 Å². The number of esters is 1. The van der Waals surface area contributed by atoms with Crippen LogP contribution >= 0.6 is 0 Å². The Morgan fingerprint density at radius 1 is 0.923 bits per heavy atom. The number of ether oxygens (including phenoxy) is 1. The molecule has 0 aliphatic heterocycles. The Kier molecular flexibility index (Phi) is 6.52. The summed E-state index contributed by atoms with van der Waals surface area (Å²) >= 11 is 0. The Bertz CT molecular complexity index is 871. The van der Waals surface area contributed by atoms with Gasteiger partial charge in [-0.1, -0.05) is 35.4 Å². The van der Waals surface area contributed by atoms with E-state index < -0.39 is 28.3 Å². The van der Waals surface area contributed by atoms with Crippen molar-refractivity contribution in [1.29, 1.82) is 0 Å². The van der Waals surface area contributed by atoms with Crippen molar-refractivity contribution in [2.24, 2.45) is 0 Å². The average molecular weight is 375 g/mol. The molecule has 0 aromatic heterocycles. The Labute approximate surface area is 153 Å². The molecular weight excluding hydrogens is 354 g/mol. The molecule has 138 valence electrons. The molecular formula is C19H21NO5S. The summed E-state index contributed by atoms with van der Waals surface area (Å²) in [5.41, 5.74) is 2.60. The number of anilines is 1. The topological polar surface area (TPSA) is 89.5 Å². The fourth-order valence-electron chi connectivity index (χ4n) is 2.13. The first-order chi connectivity index (χ1) is 12.3. The quantitative estimate of drug-likeness (QED) is 0.752. The highest BCUT2D eigenvalue weighted by Crippen LogP contribution is 2.13. The van der Waals surface area contributed by atoms with Gasteiger partial charge in [-0.25, -0.2) is 8.42 Å². The molecule has 0 heterocycles. The molecule has 2 aromatic rings. The van der Waals surface area contributed by atoms with Gasteiger partial charge in [0.15, 0.2) is 16.4 Å². The van der Waals surface area contributed by atoms with Crippen molar-refractivity contribution in [2.75, 3.05) is 17.7 Å². The molecule has 0 spiro atoms. The molecule has 0 radical (unpaired) electrons. The molecule has 2 aromatic carbocycles. The minimum atomic E-state index is -3.56. The van der Waals surface area contributed by atoms with Crippen LogP contribution in [0.2, 0.25) is 0 Å². The molecule has 0 aliphatic rings. The van der Waals surface area contributed by atoms with Gasteiger partial charge in [-0.2, -0.15) is 0 Å². The van der Waals surface area contributed by atoms with Crippen LogP contribution in [-0.2, 0) is 24.2 Å². The molecule has 2 rings (SSSR count). The second-order valence-electron chi connectivity index (χ2n) is 5.96. The maximum atomic E-state index is 12.2. The van der Waals surface area contributed by atoms with Crippen LogP contribution in [0, 0.1) is 13.8 Å². The fraction of sp³-hybridized carbons (Fsp3) is 0.263. The van der Waals surface area contributed by atoms with Crippen molar-refractivity contribution in [1.82, 2.24) is 0 Å². The zero-order valence-corrected chi connectivity index (χ0v) is 15.5. The number of carbonyl (C=O) groups is 2. The third-order valence-electron chi connectivity index (χ3n) is 3.65. The number of nitrogens with one attached hydrogen (secondary N) is 1. The zero-order chi connectivity index (χ0) is 19.2. The number of sulfone groups is 1. The van der Waals surface area contributed by atoms with Gasteiger partial charge >= 0.3 is 5.97 Å². The fourth-order valence-corrected chi connectivity index (χ4v) is 3.36. The van der Waals surface area contributed by atoms with E-state index in [4.69, 9.17) is 4.74 Å². The lowest BCUT2D eigenvalue weighted by Crippen LogP contribution is -2.22. The van der Waals surface area contributed by atoms with E-state index >= 15 is 0 Å². The summed E-state index contributed by atoms with van der Waals surface area (Å²) in [5.74, 6) is -1.59. The van der Waals surface area contributed by atoms with E-state index in [9.17, 15) is 18.0 Å². The molecule has 7 heteroatoms. The molecule has 0 atom stereocenters. The van der Waals surface area contributed by atoms with E-state index in [2.05, 4.69) is 5.32 Å². The van der Waals surface area contributed by atoms with Gasteiger partial charge in [-0.3, -0.25) is 9.59 Å². The number of rotatable bonds is 7. The van der Waals surface area contributed by atoms with Crippen molar-refractivity contribution in [3.63, 3.8) is 0 Å². The largest absolute Gasteiger partial charge is 0.456 e. The minimum absolute atomic E-state index is 0.160. The minimum Gasteiger partial charge on any atom is -0.456 e. The molecule has 6 nitrogen and oxygen atoms in total. The third-order valence-corrected chi connectivity index (χ3v) is 5.39. The molecule has 0 aliphatic carbocycles. The summed E-state index contributed by atoms with van der Waals surface area (Å²) < 4.78 is 29.2. The summed E-state index contributed by atoms with van der Waals surface area (Å²) in [6.45, 7) is 3.32. The Balaban J connectivity index is 1.78. The van der Waals surface area contributed by atoms with Crippen LogP contribution in [0.5, 0.6) is 0 Å². The Morgan fingerprint density at radius 2 is 1.46 bits per heavy atom. The van der Waals surface area contributed by atoms with Crippen LogP contribution in [0.25, 0.3) is 0 Å². The van der Waals surface area contributed by atoms with Crippen LogP contribution in [-0.4, -0.2) is 32.7 Å². The lowest BCUT2D eigenvalue weighted by Gasteiger charge is -2.07. The van der Waals surface area contributed by atoms with Crippen LogP contribution in [0.3, 0.4) is 0 Å². The number of amides is 1. The van der Waals surface area contributed by atoms with Crippen molar-refractivity contribution in [2.45, 2.75) is 25.2 Å². The van der Waals surface area contributed by atoms with Crippen molar-refractivity contribution < 1.29 is 22.7 Å². The first-order valence-electron chi connectivity index (χ1n) is 8.08. The molecule has 26 heavy (non-hydrogen) atoms. The standard InChI is InChI=1S/C19H21NO5S/c1-14-3-7-16(8-4-14)20-18(21)13-25-19(22)11-12-26(23,24)17-9-5-15(2)6-10-17/h3-10H,11-13H2,1-2H3,(H,20,21). The smallest absolute Gasteiger partial charge is 0.307 e. The van der Waals surface area contributed by atoms with Crippen LogP contribution in [0.4, 0.5) is 5.69 Å². The number of aryl methyl sites for hydroxylation is 2. The van der Waals surface area contributed by atoms with Crippen LogP contribution in [0.15, 0.2) is 53.4 Å². The van der Waals surface area contributed by atoms with Crippen molar-refractivity contribution in [3.8, 4) is 0 Å². The van der Waals surface area contributed by atoms with Gasteiger partial charge in [0, 0.05) is 5.69 Å². The number of hydrogen-bond acceptors (Lipinski definition) is 5. The maximum Gasteiger partial charge on any atom is 0.307 e. The molecule has 0 unspecified atom stereocenters. The van der Waals surface area contributed by atoms with Crippen molar-refractivity contribution >= 4 is 27.4 Å². The van der Waals surface area contributed by atoms with Gasteiger partial charge in [-0.15, -0.1) is 0 Å². The number of benzene rings is 2. The predicted octanol–water partition coefficient (Wildman–Crippen LogP) is 2.65. The second kappa shape index (κ2) is 8.62. The number of hydrogen-bond donors (Lipinski definition) is 1. The van der Waals surface area contributed by atoms with Crippen LogP contribution < -0.4 is 5.32 Å². The highest BCUT2D eigenvalue weighted by Gasteiger charge is 2.17. The first-order valence-corrected chi connectivity index (χ1v) is 9.73. The normalized spacial score (nSPS) is 11.0. The van der Waals surface area contributed by atoms with Gasteiger partial charge in [0.05, 0.1) is 17.1 Å². The number of carbonyl (C=O) groups excluding carboxylic acids is 2. The van der Waals surface area contributed by atoms with Gasteiger partial charge in [0.25, 0.3) is 5.91 Å². The molecule has 0 saturated carbocycles. The van der Waals surface area contributed by atoms with Gasteiger partial charge in [0.1, 0.15) is 0 Å².